The Balaban J connectivity index is 2.21. The van der Waals surface area contributed by atoms with Gasteiger partial charge in [-0.3, -0.25) is 5.32 Å². The van der Waals surface area contributed by atoms with Crippen LogP contribution in [-0.2, 0) is 4.74 Å². The van der Waals surface area contributed by atoms with Gasteiger partial charge in [0.05, 0.1) is 12.2 Å². The fourth-order valence-electron chi connectivity index (χ4n) is 2.67. The molecule has 4 nitrogen and oxygen atoms in total. The van der Waals surface area contributed by atoms with Gasteiger partial charge in [0, 0.05) is 19.7 Å². The van der Waals surface area contributed by atoms with Crippen molar-refractivity contribution in [1.82, 2.24) is 10.2 Å². The lowest BCUT2D eigenvalue weighted by Gasteiger charge is -2.24. The molecule has 0 aromatic rings. The van der Waals surface area contributed by atoms with E-state index in [1.807, 2.05) is 13.8 Å². The van der Waals surface area contributed by atoms with Crippen LogP contribution in [-0.4, -0.2) is 49.3 Å². The fourth-order valence-corrected chi connectivity index (χ4v) is 2.67. The van der Waals surface area contributed by atoms with Gasteiger partial charge in [0.25, 0.3) is 0 Å². The number of rotatable bonds is 7. The first-order valence-corrected chi connectivity index (χ1v) is 7.60. The molecule has 0 aromatic heterocycles. The quantitative estimate of drug-likeness (QED) is 0.718. The molecule has 1 aliphatic heterocycles. The van der Waals surface area contributed by atoms with Gasteiger partial charge < -0.3 is 9.64 Å². The van der Waals surface area contributed by atoms with Crippen molar-refractivity contribution >= 4 is 0 Å². The molecular weight excluding hydrogens is 238 g/mol. The van der Waals surface area contributed by atoms with Gasteiger partial charge >= 0.3 is 0 Å². The van der Waals surface area contributed by atoms with Gasteiger partial charge in [-0.1, -0.05) is 6.92 Å². The highest BCUT2D eigenvalue weighted by atomic mass is 16.5. The smallest absolute Gasteiger partial charge is 0.103 e. The van der Waals surface area contributed by atoms with E-state index in [2.05, 4.69) is 23.2 Å². The normalized spacial score (nSPS) is 24.4. The lowest BCUT2D eigenvalue weighted by Crippen LogP contribution is -2.40. The van der Waals surface area contributed by atoms with Crippen LogP contribution in [0.5, 0.6) is 0 Å². The second-order valence-corrected chi connectivity index (χ2v) is 5.77. The number of nitrogens with one attached hydrogen (secondary N) is 1. The molecule has 19 heavy (non-hydrogen) atoms. The molecule has 2 atom stereocenters. The van der Waals surface area contributed by atoms with E-state index in [-0.39, 0.29) is 5.54 Å². The SMILES string of the molecule is CCNC(C)(C#N)CCCCN1CCCOC(C)C1. The predicted octanol–water partition coefficient (Wildman–Crippen LogP) is 2.16. The summed E-state index contributed by atoms with van der Waals surface area (Å²) in [5.41, 5.74) is -0.357. The van der Waals surface area contributed by atoms with Crippen LogP contribution in [0.4, 0.5) is 0 Å². The predicted molar refractivity (Wildman–Crippen MR) is 78.0 cm³/mol. The molecule has 1 N–H and O–H groups in total. The topological polar surface area (TPSA) is 48.3 Å². The molecule has 4 heteroatoms. The van der Waals surface area contributed by atoms with Gasteiger partial charge in [0.15, 0.2) is 0 Å². The summed E-state index contributed by atoms with van der Waals surface area (Å²) in [6.07, 6.45) is 4.68. The molecule has 0 saturated carbocycles. The number of nitrogens with zero attached hydrogens (tertiary/aromatic N) is 2. The van der Waals surface area contributed by atoms with E-state index in [9.17, 15) is 5.26 Å². The standard InChI is InChI=1S/C15H29N3O/c1-4-17-15(3,13-16)8-5-6-9-18-10-7-11-19-14(2)12-18/h14,17H,4-12H2,1-3H3. The number of nitriles is 1. The molecular formula is C15H29N3O. The summed E-state index contributed by atoms with van der Waals surface area (Å²) in [7, 11) is 0. The Hall–Kier alpha value is -0.630. The second kappa shape index (κ2) is 8.52. The van der Waals surface area contributed by atoms with E-state index in [0.29, 0.717) is 6.10 Å². The molecule has 1 aliphatic rings. The van der Waals surface area contributed by atoms with Gasteiger partial charge in [-0.2, -0.15) is 5.26 Å². The first-order chi connectivity index (χ1) is 9.09. The molecule has 1 heterocycles. The summed E-state index contributed by atoms with van der Waals surface area (Å²) in [6, 6.07) is 2.39. The van der Waals surface area contributed by atoms with Crippen molar-refractivity contribution in [1.29, 1.82) is 5.26 Å². The van der Waals surface area contributed by atoms with Crippen LogP contribution in [0.2, 0.25) is 0 Å². The first kappa shape index (κ1) is 16.4. The summed E-state index contributed by atoms with van der Waals surface area (Å²) in [4.78, 5) is 2.49. The van der Waals surface area contributed by atoms with E-state index in [0.717, 1.165) is 58.5 Å². The van der Waals surface area contributed by atoms with Crippen LogP contribution in [0.25, 0.3) is 0 Å². The van der Waals surface area contributed by atoms with Gasteiger partial charge in [0.2, 0.25) is 0 Å². The summed E-state index contributed by atoms with van der Waals surface area (Å²) < 4.78 is 5.65. The Bertz CT molecular complexity index is 290. The average molecular weight is 267 g/mol. The monoisotopic (exact) mass is 267 g/mol. The van der Waals surface area contributed by atoms with Crippen LogP contribution in [0.1, 0.15) is 46.5 Å². The molecule has 110 valence electrons. The third-order valence-electron chi connectivity index (χ3n) is 3.75. The lowest BCUT2D eigenvalue weighted by atomic mass is 9.96. The minimum atomic E-state index is -0.357. The van der Waals surface area contributed by atoms with E-state index in [1.54, 1.807) is 0 Å². The second-order valence-electron chi connectivity index (χ2n) is 5.77. The Morgan fingerprint density at radius 3 is 2.95 bits per heavy atom. The van der Waals surface area contributed by atoms with Crippen LogP contribution in [0.15, 0.2) is 0 Å². The highest BCUT2D eigenvalue weighted by molar-refractivity contribution is 5.03. The Labute approximate surface area is 118 Å². The largest absolute Gasteiger partial charge is 0.377 e. The van der Waals surface area contributed by atoms with Gasteiger partial charge in [-0.05, 0) is 52.6 Å². The molecule has 0 amide bonds. The van der Waals surface area contributed by atoms with Gasteiger partial charge in [-0.25, -0.2) is 0 Å². The maximum absolute atomic E-state index is 9.20. The molecule has 0 aliphatic carbocycles. The van der Waals surface area contributed by atoms with Crippen molar-refractivity contribution in [3.8, 4) is 6.07 Å². The molecule has 0 bridgehead atoms. The van der Waals surface area contributed by atoms with Gasteiger partial charge in [0.1, 0.15) is 5.54 Å². The third kappa shape index (κ3) is 6.38. The van der Waals surface area contributed by atoms with Crippen LogP contribution in [0.3, 0.4) is 0 Å². The van der Waals surface area contributed by atoms with Crippen LogP contribution in [0, 0.1) is 11.3 Å². The molecule has 2 unspecified atom stereocenters. The lowest BCUT2D eigenvalue weighted by molar-refractivity contribution is 0.0675. The summed E-state index contributed by atoms with van der Waals surface area (Å²) in [6.45, 7) is 11.3. The fraction of sp³-hybridized carbons (Fsp3) is 0.933. The average Bonchev–Trinajstić information content (AvgIpc) is 2.59. The molecule has 0 aromatic carbocycles. The third-order valence-corrected chi connectivity index (χ3v) is 3.75. The number of hydrogen-bond donors (Lipinski definition) is 1. The van der Waals surface area contributed by atoms with Crippen molar-refractivity contribution < 1.29 is 4.74 Å². The molecule has 1 rings (SSSR count). The Morgan fingerprint density at radius 1 is 1.47 bits per heavy atom. The number of unbranched alkanes of at least 4 members (excludes halogenated alkanes) is 1. The molecule has 1 fully saturated rings. The zero-order valence-electron chi connectivity index (χ0n) is 12.7. The molecule has 1 saturated heterocycles. The minimum absolute atomic E-state index is 0.355. The highest BCUT2D eigenvalue weighted by Crippen LogP contribution is 2.14. The number of ether oxygens (including phenoxy) is 1. The van der Waals surface area contributed by atoms with Crippen molar-refractivity contribution in [2.75, 3.05) is 32.8 Å². The van der Waals surface area contributed by atoms with Crippen LogP contribution >= 0.6 is 0 Å². The zero-order valence-corrected chi connectivity index (χ0v) is 12.7. The Kier molecular flexibility index (Phi) is 7.37. The summed E-state index contributed by atoms with van der Waals surface area (Å²) in [5, 5.41) is 12.5. The Morgan fingerprint density at radius 2 is 2.26 bits per heavy atom. The first-order valence-electron chi connectivity index (χ1n) is 7.60. The van der Waals surface area contributed by atoms with Crippen molar-refractivity contribution in [2.24, 2.45) is 0 Å². The van der Waals surface area contributed by atoms with Crippen LogP contribution < -0.4 is 5.32 Å². The van der Waals surface area contributed by atoms with Crippen molar-refractivity contribution in [3.05, 3.63) is 0 Å². The highest BCUT2D eigenvalue weighted by Gasteiger charge is 2.21. The summed E-state index contributed by atoms with van der Waals surface area (Å²) >= 11 is 0. The number of hydrogen-bond acceptors (Lipinski definition) is 4. The van der Waals surface area contributed by atoms with E-state index < -0.39 is 0 Å². The van der Waals surface area contributed by atoms with E-state index in [1.165, 1.54) is 0 Å². The van der Waals surface area contributed by atoms with Crippen molar-refractivity contribution in [2.45, 2.75) is 58.1 Å². The van der Waals surface area contributed by atoms with Gasteiger partial charge in [-0.15, -0.1) is 0 Å². The zero-order chi connectivity index (χ0) is 14.1. The maximum Gasteiger partial charge on any atom is 0.103 e. The van der Waals surface area contributed by atoms with E-state index in [4.69, 9.17) is 4.74 Å². The molecule has 0 spiro atoms. The molecule has 0 radical (unpaired) electrons. The minimum Gasteiger partial charge on any atom is -0.377 e. The van der Waals surface area contributed by atoms with E-state index >= 15 is 0 Å². The maximum atomic E-state index is 9.20. The summed E-state index contributed by atoms with van der Waals surface area (Å²) in [5.74, 6) is 0. The van der Waals surface area contributed by atoms with Crippen molar-refractivity contribution in [3.63, 3.8) is 0 Å².